The first-order valence-corrected chi connectivity index (χ1v) is 13.9. The van der Waals surface area contributed by atoms with Crippen molar-refractivity contribution >= 4 is 30.7 Å². The number of anilines is 1. The Bertz CT molecular complexity index is 964. The Balaban J connectivity index is 1.90. The summed E-state index contributed by atoms with van der Waals surface area (Å²) in [6.45, 7) is 10.1. The Morgan fingerprint density at radius 3 is 2.72 bits per heavy atom. The summed E-state index contributed by atoms with van der Waals surface area (Å²) in [5.41, 5.74) is 3.03. The molecule has 0 atom stereocenters. The molecule has 0 spiro atoms. The standard InChI is InChI=1S/C22H30N4O2Si/c1-5-7-21(27)24-22-19-10-9-17(18-8-6-11-23-15-18)14-20(19)26(25-22)16-28-12-13-29(2,3)4/h6,8-11,14-15H,5,7,12-13,16H2,1-4H3,(H,24,25,27). The van der Waals surface area contributed by atoms with Crippen LogP contribution in [-0.2, 0) is 16.3 Å². The number of nitrogens with zero attached hydrogens (tertiary/aromatic N) is 3. The predicted molar refractivity (Wildman–Crippen MR) is 121 cm³/mol. The first-order chi connectivity index (χ1) is 13.9. The van der Waals surface area contributed by atoms with Gasteiger partial charge in [-0.05, 0) is 36.2 Å². The van der Waals surface area contributed by atoms with Gasteiger partial charge in [-0.25, -0.2) is 4.68 Å². The minimum absolute atomic E-state index is 0.0185. The van der Waals surface area contributed by atoms with Crippen molar-refractivity contribution in [2.75, 3.05) is 11.9 Å². The zero-order chi connectivity index (χ0) is 20.9. The third-order valence-electron chi connectivity index (χ3n) is 4.69. The Hall–Kier alpha value is -2.51. The number of amides is 1. The van der Waals surface area contributed by atoms with E-state index in [1.54, 1.807) is 6.20 Å². The minimum Gasteiger partial charge on any atom is -0.360 e. The van der Waals surface area contributed by atoms with Crippen LogP contribution in [0, 0.1) is 0 Å². The molecule has 0 unspecified atom stereocenters. The number of hydrogen-bond acceptors (Lipinski definition) is 4. The smallest absolute Gasteiger partial charge is 0.225 e. The maximum Gasteiger partial charge on any atom is 0.225 e. The van der Waals surface area contributed by atoms with Crippen molar-refractivity contribution in [2.24, 2.45) is 0 Å². The molecule has 1 N–H and O–H groups in total. The second-order valence-electron chi connectivity index (χ2n) is 8.47. The van der Waals surface area contributed by atoms with Crippen LogP contribution < -0.4 is 5.32 Å². The van der Waals surface area contributed by atoms with Crippen molar-refractivity contribution in [3.05, 3.63) is 42.7 Å². The fourth-order valence-corrected chi connectivity index (χ4v) is 3.79. The Morgan fingerprint density at radius 1 is 1.21 bits per heavy atom. The van der Waals surface area contributed by atoms with Crippen LogP contribution in [0.5, 0.6) is 0 Å². The van der Waals surface area contributed by atoms with Crippen molar-refractivity contribution in [3.63, 3.8) is 0 Å². The molecule has 6 nitrogen and oxygen atoms in total. The topological polar surface area (TPSA) is 69.0 Å². The van der Waals surface area contributed by atoms with E-state index in [0.717, 1.165) is 41.1 Å². The molecule has 0 aliphatic carbocycles. The second-order valence-corrected chi connectivity index (χ2v) is 14.1. The maximum atomic E-state index is 12.1. The Kier molecular flexibility index (Phi) is 6.82. The lowest BCUT2D eigenvalue weighted by molar-refractivity contribution is -0.116. The number of pyridine rings is 1. The van der Waals surface area contributed by atoms with Gasteiger partial charge in [0.1, 0.15) is 6.73 Å². The molecule has 0 aliphatic rings. The van der Waals surface area contributed by atoms with Gasteiger partial charge in [0.2, 0.25) is 5.91 Å². The summed E-state index contributed by atoms with van der Waals surface area (Å²) < 4.78 is 7.76. The Morgan fingerprint density at radius 2 is 2.03 bits per heavy atom. The van der Waals surface area contributed by atoms with Gasteiger partial charge in [0.25, 0.3) is 0 Å². The summed E-state index contributed by atoms with van der Waals surface area (Å²) in [5, 5.41) is 8.50. The van der Waals surface area contributed by atoms with Gasteiger partial charge in [-0.3, -0.25) is 9.78 Å². The number of carbonyl (C=O) groups excluding carboxylic acids is 1. The lowest BCUT2D eigenvalue weighted by Gasteiger charge is -2.15. The number of aromatic nitrogens is 3. The first kappa shape index (κ1) is 21.2. The largest absolute Gasteiger partial charge is 0.360 e. The SMILES string of the molecule is CCCC(=O)Nc1nn(COCC[Si](C)(C)C)c2cc(-c3cccnc3)ccc12. The molecule has 7 heteroatoms. The lowest BCUT2D eigenvalue weighted by Crippen LogP contribution is -2.22. The van der Waals surface area contributed by atoms with Gasteiger partial charge in [0, 0.05) is 44.4 Å². The van der Waals surface area contributed by atoms with Gasteiger partial charge in [0.05, 0.1) is 5.52 Å². The minimum atomic E-state index is -1.15. The van der Waals surface area contributed by atoms with E-state index in [9.17, 15) is 4.79 Å². The molecule has 0 radical (unpaired) electrons. The van der Waals surface area contributed by atoms with E-state index in [2.05, 4.69) is 41.1 Å². The summed E-state index contributed by atoms with van der Waals surface area (Å²) >= 11 is 0. The maximum absolute atomic E-state index is 12.1. The molecule has 0 fully saturated rings. The van der Waals surface area contributed by atoms with E-state index < -0.39 is 8.07 Å². The van der Waals surface area contributed by atoms with Crippen molar-refractivity contribution in [3.8, 4) is 11.1 Å². The fourth-order valence-electron chi connectivity index (χ4n) is 3.03. The van der Waals surface area contributed by atoms with E-state index in [1.165, 1.54) is 0 Å². The van der Waals surface area contributed by atoms with Crippen molar-refractivity contribution in [2.45, 2.75) is 52.2 Å². The van der Waals surface area contributed by atoms with Crippen molar-refractivity contribution in [1.82, 2.24) is 14.8 Å². The second kappa shape index (κ2) is 9.32. The van der Waals surface area contributed by atoms with E-state index in [0.29, 0.717) is 19.0 Å². The highest BCUT2D eigenvalue weighted by molar-refractivity contribution is 6.76. The molecule has 2 aromatic heterocycles. The molecular weight excluding hydrogens is 380 g/mol. The zero-order valence-electron chi connectivity index (χ0n) is 17.7. The van der Waals surface area contributed by atoms with Crippen LogP contribution >= 0.6 is 0 Å². The van der Waals surface area contributed by atoms with E-state index in [-0.39, 0.29) is 5.91 Å². The number of benzene rings is 1. The van der Waals surface area contributed by atoms with Gasteiger partial charge < -0.3 is 10.1 Å². The van der Waals surface area contributed by atoms with E-state index >= 15 is 0 Å². The molecule has 29 heavy (non-hydrogen) atoms. The van der Waals surface area contributed by atoms with Crippen LogP contribution in [0.2, 0.25) is 25.7 Å². The number of rotatable bonds is 9. The monoisotopic (exact) mass is 410 g/mol. The highest BCUT2D eigenvalue weighted by Crippen LogP contribution is 2.28. The molecular formula is C22H30N4O2Si. The third kappa shape index (κ3) is 5.74. The number of ether oxygens (including phenoxy) is 1. The molecule has 0 aliphatic heterocycles. The number of fused-ring (bicyclic) bond motifs is 1. The van der Waals surface area contributed by atoms with Crippen molar-refractivity contribution < 1.29 is 9.53 Å². The van der Waals surface area contributed by atoms with Crippen LogP contribution in [0.1, 0.15) is 19.8 Å². The van der Waals surface area contributed by atoms with Gasteiger partial charge in [-0.1, -0.05) is 38.7 Å². The molecule has 154 valence electrons. The molecule has 1 aromatic carbocycles. The zero-order valence-corrected chi connectivity index (χ0v) is 18.7. The summed E-state index contributed by atoms with van der Waals surface area (Å²) in [4.78, 5) is 16.3. The molecule has 0 saturated carbocycles. The van der Waals surface area contributed by atoms with Crippen LogP contribution in [0.15, 0.2) is 42.7 Å². The normalized spacial score (nSPS) is 11.7. The van der Waals surface area contributed by atoms with Crippen LogP contribution in [0.4, 0.5) is 5.82 Å². The molecule has 3 aromatic rings. The van der Waals surface area contributed by atoms with E-state index in [1.807, 2.05) is 42.1 Å². The number of nitrogens with one attached hydrogen (secondary N) is 1. The third-order valence-corrected chi connectivity index (χ3v) is 6.40. The van der Waals surface area contributed by atoms with E-state index in [4.69, 9.17) is 4.74 Å². The lowest BCUT2D eigenvalue weighted by atomic mass is 10.1. The fraction of sp³-hybridized carbons (Fsp3) is 0.409. The van der Waals surface area contributed by atoms with Gasteiger partial charge >= 0.3 is 0 Å². The quantitative estimate of drug-likeness (QED) is 0.391. The molecule has 1 amide bonds. The number of hydrogen-bond donors (Lipinski definition) is 1. The van der Waals surface area contributed by atoms with Crippen LogP contribution in [-0.4, -0.2) is 35.4 Å². The average molecular weight is 411 g/mol. The summed E-state index contributed by atoms with van der Waals surface area (Å²) in [7, 11) is -1.15. The first-order valence-electron chi connectivity index (χ1n) is 10.2. The molecule has 2 heterocycles. The Labute approximate surface area is 173 Å². The van der Waals surface area contributed by atoms with Crippen LogP contribution in [0.25, 0.3) is 22.0 Å². The molecule has 0 saturated heterocycles. The number of carbonyl (C=O) groups is 1. The van der Waals surface area contributed by atoms with Crippen LogP contribution in [0.3, 0.4) is 0 Å². The van der Waals surface area contributed by atoms with Gasteiger partial charge in [-0.2, -0.15) is 5.10 Å². The predicted octanol–water partition coefficient (Wildman–Crippen LogP) is 5.15. The highest BCUT2D eigenvalue weighted by Gasteiger charge is 2.15. The van der Waals surface area contributed by atoms with Gasteiger partial charge in [-0.15, -0.1) is 0 Å². The van der Waals surface area contributed by atoms with Crippen molar-refractivity contribution in [1.29, 1.82) is 0 Å². The average Bonchev–Trinajstić information content (AvgIpc) is 3.02. The van der Waals surface area contributed by atoms with Gasteiger partial charge in [0.15, 0.2) is 5.82 Å². The highest BCUT2D eigenvalue weighted by atomic mass is 28.3. The summed E-state index contributed by atoms with van der Waals surface area (Å²) in [6.07, 6.45) is 4.89. The summed E-state index contributed by atoms with van der Waals surface area (Å²) in [6, 6.07) is 11.2. The molecule has 3 rings (SSSR count). The summed E-state index contributed by atoms with van der Waals surface area (Å²) in [5.74, 6) is 0.569. The molecule has 0 bridgehead atoms.